The van der Waals surface area contributed by atoms with Crippen LogP contribution in [0.15, 0.2) is 54.6 Å². The van der Waals surface area contributed by atoms with E-state index in [9.17, 15) is 19.8 Å². The second kappa shape index (κ2) is 10.1. The highest BCUT2D eigenvalue weighted by atomic mass is 16.8. The monoisotopic (exact) mass is 522 g/mol. The Morgan fingerprint density at radius 2 is 1.92 bits per heavy atom. The van der Waals surface area contributed by atoms with E-state index < -0.39 is 41.8 Å². The van der Waals surface area contributed by atoms with E-state index in [2.05, 4.69) is 5.32 Å². The Labute approximate surface area is 219 Å². The number of para-hydroxylation sites is 1. The van der Waals surface area contributed by atoms with Crippen LogP contribution in [0, 0.1) is 5.41 Å². The fraction of sp³-hybridized carbons (Fsp3) is 0.429. The summed E-state index contributed by atoms with van der Waals surface area (Å²) in [7, 11) is 0. The molecule has 4 fully saturated rings. The van der Waals surface area contributed by atoms with E-state index >= 15 is 0 Å². The summed E-state index contributed by atoms with van der Waals surface area (Å²) in [6.07, 6.45) is 2.46. The molecule has 0 spiro atoms. The first kappa shape index (κ1) is 25.0. The van der Waals surface area contributed by atoms with Crippen molar-refractivity contribution in [3.63, 3.8) is 0 Å². The van der Waals surface area contributed by atoms with E-state index in [-0.39, 0.29) is 44.6 Å². The van der Waals surface area contributed by atoms with Gasteiger partial charge in [0.15, 0.2) is 6.04 Å². The highest BCUT2D eigenvalue weighted by Crippen LogP contribution is 2.55. The van der Waals surface area contributed by atoms with Gasteiger partial charge in [0, 0.05) is 13.0 Å². The largest absolute Gasteiger partial charge is 0.508 e. The molecule has 38 heavy (non-hydrogen) atoms. The van der Waals surface area contributed by atoms with E-state index in [0.29, 0.717) is 6.42 Å². The maximum atomic E-state index is 13.5. The Morgan fingerprint density at radius 3 is 2.71 bits per heavy atom. The number of carbonyl (C=O) groups excluding carboxylic acids is 2. The molecule has 1 aliphatic carbocycles. The average molecular weight is 523 g/mol. The third-order valence-corrected chi connectivity index (χ3v) is 7.85. The highest BCUT2D eigenvalue weighted by molar-refractivity contribution is 5.93. The van der Waals surface area contributed by atoms with Gasteiger partial charge in [0.1, 0.15) is 42.4 Å². The predicted molar refractivity (Wildman–Crippen MR) is 133 cm³/mol. The zero-order valence-corrected chi connectivity index (χ0v) is 20.7. The molecule has 0 radical (unpaired) electrons. The Hall–Kier alpha value is -3.28. The lowest BCUT2D eigenvalue weighted by atomic mass is 9.62. The SMILES string of the molecule is O=C1OC2CC3(C(=O)NCCO)C(ON(Cc4ccc(C=CCc5ccccc5O)cc4)C13)C1OCOC21. The van der Waals surface area contributed by atoms with Crippen molar-refractivity contribution in [1.29, 1.82) is 0 Å². The van der Waals surface area contributed by atoms with Gasteiger partial charge in [-0.25, -0.2) is 0 Å². The molecule has 10 heteroatoms. The molecule has 200 valence electrons. The molecule has 3 heterocycles. The van der Waals surface area contributed by atoms with Gasteiger partial charge < -0.3 is 29.7 Å². The summed E-state index contributed by atoms with van der Waals surface area (Å²) in [5, 5.41) is 23.5. The lowest BCUT2D eigenvalue weighted by Gasteiger charge is -2.48. The lowest BCUT2D eigenvalue weighted by molar-refractivity contribution is -0.201. The van der Waals surface area contributed by atoms with Crippen LogP contribution in [0.4, 0.5) is 0 Å². The first-order chi connectivity index (χ1) is 18.5. The average Bonchev–Trinajstić information content (AvgIpc) is 3.54. The number of carbonyl (C=O) groups is 2. The summed E-state index contributed by atoms with van der Waals surface area (Å²) < 4.78 is 17.2. The summed E-state index contributed by atoms with van der Waals surface area (Å²) >= 11 is 0. The standard InChI is InChI=1S/C28H30N2O8/c31-13-12-29-27(34)28-14-21-22-23(36-16-35-22)25(28)38-30(24(28)26(33)37-21)15-18-10-8-17(9-11-18)4-3-6-19-5-1-2-7-20(19)32/h1-5,7-11,21-25,31-32H,6,12-16H2,(H,29,34). The molecule has 3 saturated heterocycles. The molecule has 1 saturated carbocycles. The highest BCUT2D eigenvalue weighted by Gasteiger charge is 2.74. The van der Waals surface area contributed by atoms with Gasteiger partial charge >= 0.3 is 5.97 Å². The summed E-state index contributed by atoms with van der Waals surface area (Å²) in [6.45, 7) is 0.163. The van der Waals surface area contributed by atoms with Gasteiger partial charge in [-0.05, 0) is 29.2 Å². The molecule has 1 amide bonds. The molecule has 6 rings (SSSR count). The van der Waals surface area contributed by atoms with Crippen molar-refractivity contribution >= 4 is 18.0 Å². The second-order valence-electron chi connectivity index (χ2n) is 10.1. The number of allylic oxidation sites excluding steroid dienone is 1. The Kier molecular flexibility index (Phi) is 6.67. The number of nitrogens with one attached hydrogen (secondary N) is 1. The van der Waals surface area contributed by atoms with E-state index in [1.165, 1.54) is 5.06 Å². The molecular formula is C28H30N2O8. The molecule has 3 N–H and O–H groups in total. The fourth-order valence-electron chi connectivity index (χ4n) is 6.09. The van der Waals surface area contributed by atoms with Gasteiger partial charge in [-0.3, -0.25) is 14.4 Å². The molecule has 2 bridgehead atoms. The van der Waals surface area contributed by atoms with E-state index in [1.807, 2.05) is 48.6 Å². The molecular weight excluding hydrogens is 492 g/mol. The van der Waals surface area contributed by atoms with Crippen molar-refractivity contribution in [1.82, 2.24) is 10.4 Å². The number of hydroxylamine groups is 2. The molecule has 10 nitrogen and oxygen atoms in total. The normalized spacial score (nSPS) is 31.8. The fourth-order valence-corrected chi connectivity index (χ4v) is 6.09. The van der Waals surface area contributed by atoms with Crippen LogP contribution in [-0.4, -0.2) is 77.6 Å². The number of aliphatic hydroxyl groups excluding tert-OH is 1. The lowest BCUT2D eigenvalue weighted by Crippen LogP contribution is -2.69. The first-order valence-electron chi connectivity index (χ1n) is 12.8. The zero-order chi connectivity index (χ0) is 26.3. The molecule has 3 aliphatic heterocycles. The summed E-state index contributed by atoms with van der Waals surface area (Å²) in [5.74, 6) is -0.611. The van der Waals surface area contributed by atoms with Crippen molar-refractivity contribution in [3.05, 3.63) is 71.3 Å². The van der Waals surface area contributed by atoms with Gasteiger partial charge in [-0.2, -0.15) is 5.06 Å². The smallest absolute Gasteiger partial charge is 0.327 e. The molecule has 2 aromatic carbocycles. The van der Waals surface area contributed by atoms with E-state index in [4.69, 9.17) is 19.0 Å². The summed E-state index contributed by atoms with van der Waals surface area (Å²) in [6, 6.07) is 14.1. The maximum absolute atomic E-state index is 13.5. The number of benzene rings is 2. The number of nitrogens with zero attached hydrogens (tertiary/aromatic N) is 1. The van der Waals surface area contributed by atoms with Crippen LogP contribution in [0.2, 0.25) is 0 Å². The summed E-state index contributed by atoms with van der Waals surface area (Å²) in [4.78, 5) is 33.1. The molecule has 2 aromatic rings. The van der Waals surface area contributed by atoms with Gasteiger partial charge in [0.05, 0.1) is 13.2 Å². The number of rotatable bonds is 8. The third-order valence-electron chi connectivity index (χ3n) is 7.85. The number of aromatic hydroxyl groups is 1. The number of amides is 1. The summed E-state index contributed by atoms with van der Waals surface area (Å²) in [5.41, 5.74) is 1.52. The number of ether oxygens (including phenoxy) is 3. The molecule has 6 atom stereocenters. The van der Waals surface area contributed by atoms with Gasteiger partial charge in [0.25, 0.3) is 0 Å². The number of hydrogen-bond donors (Lipinski definition) is 3. The van der Waals surface area contributed by atoms with Crippen LogP contribution < -0.4 is 5.32 Å². The van der Waals surface area contributed by atoms with Crippen molar-refractivity contribution in [3.8, 4) is 5.75 Å². The second-order valence-corrected chi connectivity index (χ2v) is 10.1. The van der Waals surface area contributed by atoms with Gasteiger partial charge in [-0.1, -0.05) is 54.6 Å². The van der Waals surface area contributed by atoms with Gasteiger partial charge in [0.2, 0.25) is 5.91 Å². The number of fused-ring (bicyclic) bond motifs is 4. The Bertz CT molecular complexity index is 1230. The molecule has 6 unspecified atom stereocenters. The van der Waals surface area contributed by atoms with Crippen molar-refractivity contribution in [2.24, 2.45) is 5.41 Å². The van der Waals surface area contributed by atoms with Crippen molar-refractivity contribution in [2.75, 3.05) is 19.9 Å². The van der Waals surface area contributed by atoms with Crippen molar-refractivity contribution < 1.29 is 38.9 Å². The van der Waals surface area contributed by atoms with Crippen LogP contribution in [0.5, 0.6) is 5.75 Å². The Morgan fingerprint density at radius 1 is 1.13 bits per heavy atom. The quantitative estimate of drug-likeness (QED) is 0.440. The number of phenols is 1. The minimum absolute atomic E-state index is 0.0428. The van der Waals surface area contributed by atoms with Crippen molar-refractivity contribution in [2.45, 2.75) is 49.8 Å². The van der Waals surface area contributed by atoms with Crippen LogP contribution in [0.25, 0.3) is 6.08 Å². The minimum atomic E-state index is -1.21. The number of esters is 1. The van der Waals surface area contributed by atoms with Crippen LogP contribution in [0.3, 0.4) is 0 Å². The van der Waals surface area contributed by atoms with E-state index in [0.717, 1.165) is 16.7 Å². The maximum Gasteiger partial charge on any atom is 0.327 e. The number of hydrogen-bond acceptors (Lipinski definition) is 9. The first-order valence-corrected chi connectivity index (χ1v) is 12.8. The predicted octanol–water partition coefficient (Wildman–Crippen LogP) is 1.30. The third kappa shape index (κ3) is 4.18. The topological polar surface area (TPSA) is 127 Å². The van der Waals surface area contributed by atoms with E-state index in [1.54, 1.807) is 12.1 Å². The van der Waals surface area contributed by atoms with Gasteiger partial charge in [-0.15, -0.1) is 0 Å². The zero-order valence-electron chi connectivity index (χ0n) is 20.7. The minimum Gasteiger partial charge on any atom is -0.508 e. The molecule has 0 aromatic heterocycles. The molecule has 4 aliphatic rings. The van der Waals surface area contributed by atoms with Crippen LogP contribution in [-0.2, 0) is 41.6 Å². The Balaban J connectivity index is 1.21. The van der Waals surface area contributed by atoms with Crippen LogP contribution in [0.1, 0.15) is 23.1 Å². The number of phenolic OH excluding ortho intramolecular Hbond substituents is 1. The number of aliphatic hydroxyl groups is 1. The van der Waals surface area contributed by atoms with Crippen LogP contribution >= 0.6 is 0 Å².